The predicted molar refractivity (Wildman–Crippen MR) is 153 cm³/mol. The molecule has 194 valence electrons. The summed E-state index contributed by atoms with van der Waals surface area (Å²) in [6.45, 7) is 7.50. The van der Waals surface area contributed by atoms with Crippen LogP contribution in [0.15, 0.2) is 60.7 Å². The van der Waals surface area contributed by atoms with Gasteiger partial charge in [-0.05, 0) is 59.7 Å². The van der Waals surface area contributed by atoms with E-state index < -0.39 is 0 Å². The zero-order chi connectivity index (χ0) is 26.8. The Morgan fingerprint density at radius 1 is 1.06 bits per heavy atom. The Morgan fingerprint density at radius 3 is 2.44 bits per heavy atom. The number of allylic oxidation sites excluding steroid dienone is 4. The van der Waals surface area contributed by atoms with Crippen molar-refractivity contribution < 1.29 is 14.3 Å². The molecule has 0 radical (unpaired) electrons. The van der Waals surface area contributed by atoms with E-state index in [1.807, 2.05) is 36.4 Å². The van der Waals surface area contributed by atoms with Crippen molar-refractivity contribution in [3.8, 4) is 12.8 Å². The largest absolute Gasteiger partial charge is 0.465 e. The maximum atomic E-state index is 12.4. The first kappa shape index (κ1) is 31.2. The molecule has 0 aliphatic rings. The zero-order valence-corrected chi connectivity index (χ0v) is 23.0. The highest BCUT2D eigenvalue weighted by atomic mass is 35.5. The number of methoxy groups -OCH3 is 1. The molecule has 0 N–H and O–H groups in total. The van der Waals surface area contributed by atoms with E-state index in [9.17, 15) is 4.79 Å². The molecule has 3 nitrogen and oxygen atoms in total. The van der Waals surface area contributed by atoms with Crippen LogP contribution in [-0.4, -0.2) is 19.7 Å². The highest BCUT2D eigenvalue weighted by molar-refractivity contribution is 6.31. The van der Waals surface area contributed by atoms with Crippen molar-refractivity contribution in [3.05, 3.63) is 88.0 Å². The van der Waals surface area contributed by atoms with Crippen LogP contribution in [0.4, 0.5) is 0 Å². The van der Waals surface area contributed by atoms with Crippen molar-refractivity contribution in [2.75, 3.05) is 13.7 Å². The van der Waals surface area contributed by atoms with E-state index in [1.54, 1.807) is 0 Å². The van der Waals surface area contributed by atoms with E-state index in [2.05, 4.69) is 57.9 Å². The average molecular weight is 509 g/mol. The number of benzene rings is 2. The molecular weight excluding hydrogens is 468 g/mol. The maximum Gasteiger partial charge on any atom is 0.338 e. The predicted octanol–water partition coefficient (Wildman–Crippen LogP) is 9.02. The second kappa shape index (κ2) is 18.5. The molecule has 0 heterocycles. The number of rotatable bonds is 14. The number of unbranched alkanes of at least 4 members (excludes halogenated alkanes) is 2. The first-order chi connectivity index (χ1) is 17.5. The van der Waals surface area contributed by atoms with Gasteiger partial charge in [-0.3, -0.25) is 0 Å². The summed E-state index contributed by atoms with van der Waals surface area (Å²) < 4.78 is 11.2. The molecular formula is C32H41ClO3. The van der Waals surface area contributed by atoms with E-state index in [4.69, 9.17) is 21.1 Å². The van der Waals surface area contributed by atoms with Gasteiger partial charge in [-0.1, -0.05) is 94.1 Å². The van der Waals surface area contributed by atoms with Crippen molar-refractivity contribution in [1.29, 1.82) is 0 Å². The number of carbonyl (C=O) groups excluding carboxylic acids is 1. The minimum Gasteiger partial charge on any atom is -0.465 e. The summed E-state index contributed by atoms with van der Waals surface area (Å²) in [5, 5.41) is 0.801. The molecule has 0 aliphatic heterocycles. The maximum absolute atomic E-state index is 12.4. The van der Waals surface area contributed by atoms with Crippen LogP contribution < -0.4 is 0 Å². The van der Waals surface area contributed by atoms with Crippen molar-refractivity contribution >= 4 is 23.1 Å². The Labute approximate surface area is 223 Å². The van der Waals surface area contributed by atoms with Gasteiger partial charge in [-0.2, -0.15) is 0 Å². The Morgan fingerprint density at radius 2 is 1.81 bits per heavy atom. The Bertz CT molecular complexity index is 1000. The summed E-state index contributed by atoms with van der Waals surface area (Å²) in [6, 6.07) is 13.9. The van der Waals surface area contributed by atoms with Crippen LogP contribution >= 0.6 is 11.6 Å². The lowest BCUT2D eigenvalue weighted by Crippen LogP contribution is -2.10. The molecule has 36 heavy (non-hydrogen) atoms. The molecule has 0 bridgehead atoms. The van der Waals surface area contributed by atoms with Gasteiger partial charge >= 0.3 is 5.97 Å². The average Bonchev–Trinajstić information content (AvgIpc) is 2.91. The molecule has 0 aromatic heterocycles. The highest BCUT2D eigenvalue weighted by Gasteiger charge is 2.17. The molecule has 0 spiro atoms. The van der Waals surface area contributed by atoms with E-state index in [1.165, 1.54) is 20.0 Å². The van der Waals surface area contributed by atoms with Gasteiger partial charge in [0.1, 0.15) is 0 Å². The summed E-state index contributed by atoms with van der Waals surface area (Å²) in [6.07, 6.45) is 20.6. The molecule has 1 unspecified atom stereocenters. The lowest BCUT2D eigenvalue weighted by Gasteiger charge is -2.19. The SMILES string of the molecule is C#C.CC/C=C\C=C(/CC)c1cc(COCC(CCCCC)c2ccccc2Cl)ccc1C(=O)OC. The van der Waals surface area contributed by atoms with Gasteiger partial charge in [-0.15, -0.1) is 12.8 Å². The van der Waals surface area contributed by atoms with Crippen molar-refractivity contribution in [3.63, 3.8) is 0 Å². The fourth-order valence-electron chi connectivity index (χ4n) is 4.05. The third-order valence-corrected chi connectivity index (χ3v) is 6.32. The van der Waals surface area contributed by atoms with Gasteiger partial charge in [-0.25, -0.2) is 4.79 Å². The quantitative estimate of drug-likeness (QED) is 0.110. The molecule has 0 fully saturated rings. The van der Waals surface area contributed by atoms with Crippen LogP contribution in [0.2, 0.25) is 5.02 Å². The molecule has 2 rings (SSSR count). The molecule has 0 amide bonds. The van der Waals surface area contributed by atoms with Crippen LogP contribution in [0, 0.1) is 12.8 Å². The number of terminal acetylenes is 1. The molecule has 1 atom stereocenters. The Hall–Kier alpha value is -2.80. The van der Waals surface area contributed by atoms with Crippen LogP contribution in [0.3, 0.4) is 0 Å². The van der Waals surface area contributed by atoms with Crippen LogP contribution in [-0.2, 0) is 16.1 Å². The van der Waals surface area contributed by atoms with Gasteiger partial charge in [0.05, 0.1) is 25.9 Å². The lowest BCUT2D eigenvalue weighted by molar-refractivity contribution is 0.0600. The highest BCUT2D eigenvalue weighted by Crippen LogP contribution is 2.30. The normalized spacial score (nSPS) is 12.1. The molecule has 2 aromatic carbocycles. The zero-order valence-electron chi connectivity index (χ0n) is 22.3. The van der Waals surface area contributed by atoms with Crippen molar-refractivity contribution in [2.24, 2.45) is 0 Å². The number of esters is 1. The third-order valence-electron chi connectivity index (χ3n) is 5.97. The first-order valence-electron chi connectivity index (χ1n) is 12.8. The summed E-state index contributed by atoms with van der Waals surface area (Å²) in [7, 11) is 1.42. The fraction of sp³-hybridized carbons (Fsp3) is 0.406. The van der Waals surface area contributed by atoms with Gasteiger partial charge in [0.2, 0.25) is 0 Å². The second-order valence-corrected chi connectivity index (χ2v) is 8.89. The van der Waals surface area contributed by atoms with E-state index in [-0.39, 0.29) is 11.9 Å². The van der Waals surface area contributed by atoms with Gasteiger partial charge in [0.25, 0.3) is 0 Å². The smallest absolute Gasteiger partial charge is 0.338 e. The topological polar surface area (TPSA) is 35.5 Å². The summed E-state index contributed by atoms with van der Waals surface area (Å²) >= 11 is 6.50. The van der Waals surface area contributed by atoms with Gasteiger partial charge in [0, 0.05) is 10.9 Å². The Balaban J connectivity index is 0.00000316. The molecule has 0 saturated carbocycles. The summed E-state index contributed by atoms with van der Waals surface area (Å²) in [5.41, 5.74) is 4.77. The van der Waals surface area contributed by atoms with Gasteiger partial charge < -0.3 is 9.47 Å². The minimum absolute atomic E-state index is 0.263. The second-order valence-electron chi connectivity index (χ2n) is 8.48. The van der Waals surface area contributed by atoms with E-state index in [0.29, 0.717) is 18.8 Å². The van der Waals surface area contributed by atoms with Crippen LogP contribution in [0.1, 0.15) is 92.3 Å². The van der Waals surface area contributed by atoms with Crippen LogP contribution in [0.5, 0.6) is 0 Å². The summed E-state index contributed by atoms with van der Waals surface area (Å²) in [5.74, 6) is -0.0599. The van der Waals surface area contributed by atoms with Crippen molar-refractivity contribution in [1.82, 2.24) is 0 Å². The monoisotopic (exact) mass is 508 g/mol. The fourth-order valence-corrected chi connectivity index (χ4v) is 4.34. The number of ether oxygens (including phenoxy) is 2. The molecule has 0 aliphatic carbocycles. The van der Waals surface area contributed by atoms with Crippen LogP contribution in [0.25, 0.3) is 5.57 Å². The molecule has 0 saturated heterocycles. The van der Waals surface area contributed by atoms with Crippen molar-refractivity contribution in [2.45, 2.75) is 71.8 Å². The van der Waals surface area contributed by atoms with E-state index >= 15 is 0 Å². The standard InChI is InChI=1S/C30H39ClO3.C2H2/c1-5-8-10-14-24(7-3)28-20-23(18-19-27(28)30(32)33-4)21-34-22-25(15-11-9-6-2)26-16-12-13-17-29(26)31;1-2/h8,10,12-14,16-20,25H,5-7,9,11,15,21-22H2,1-4H3;1-2H/b10-8-,24-14+;. The molecule has 2 aromatic rings. The lowest BCUT2D eigenvalue weighted by atomic mass is 9.93. The number of hydrogen-bond donors (Lipinski definition) is 0. The number of carbonyl (C=O) groups is 1. The third kappa shape index (κ3) is 10.1. The minimum atomic E-state index is -0.323. The Kier molecular flexibility index (Phi) is 16.0. The van der Waals surface area contributed by atoms with E-state index in [0.717, 1.165) is 53.0 Å². The van der Waals surface area contributed by atoms with Gasteiger partial charge in [0.15, 0.2) is 0 Å². The number of halogens is 1. The molecule has 4 heteroatoms. The number of hydrogen-bond acceptors (Lipinski definition) is 3. The first-order valence-corrected chi connectivity index (χ1v) is 13.2. The summed E-state index contributed by atoms with van der Waals surface area (Å²) in [4.78, 5) is 12.4.